The van der Waals surface area contributed by atoms with E-state index in [1.54, 1.807) is 0 Å². The van der Waals surface area contributed by atoms with Crippen LogP contribution >= 0.6 is 0 Å². The van der Waals surface area contributed by atoms with E-state index >= 15 is 0 Å². The van der Waals surface area contributed by atoms with E-state index in [-0.39, 0.29) is 22.4 Å². The standard InChI is InChI=1S/C17H32O2/c1-7-16(5,6)14(18)19-17(15(2,3)4)12-10-8-9-11-13-17/h7-13H2,1-6H3. The van der Waals surface area contributed by atoms with Crippen molar-refractivity contribution in [3.05, 3.63) is 0 Å². The smallest absolute Gasteiger partial charge is 0.312 e. The van der Waals surface area contributed by atoms with Gasteiger partial charge in [0, 0.05) is 5.41 Å². The lowest BCUT2D eigenvalue weighted by molar-refractivity contribution is -0.186. The zero-order valence-electron chi connectivity index (χ0n) is 13.8. The topological polar surface area (TPSA) is 26.3 Å². The fraction of sp³-hybridized carbons (Fsp3) is 0.941. The number of rotatable bonds is 3. The van der Waals surface area contributed by atoms with Crippen molar-refractivity contribution in [2.24, 2.45) is 10.8 Å². The van der Waals surface area contributed by atoms with E-state index < -0.39 is 0 Å². The molecule has 1 aliphatic rings. The molecule has 1 fully saturated rings. The van der Waals surface area contributed by atoms with Crippen molar-refractivity contribution in [1.82, 2.24) is 0 Å². The van der Waals surface area contributed by atoms with E-state index in [4.69, 9.17) is 4.74 Å². The van der Waals surface area contributed by atoms with Crippen LogP contribution in [0.5, 0.6) is 0 Å². The van der Waals surface area contributed by atoms with Crippen LogP contribution in [0, 0.1) is 10.8 Å². The Hall–Kier alpha value is -0.530. The van der Waals surface area contributed by atoms with Crippen molar-refractivity contribution < 1.29 is 9.53 Å². The second-order valence-electron chi connectivity index (χ2n) is 7.79. The van der Waals surface area contributed by atoms with Gasteiger partial charge in [0.15, 0.2) is 0 Å². The number of esters is 1. The van der Waals surface area contributed by atoms with Crippen molar-refractivity contribution in [2.75, 3.05) is 0 Å². The summed E-state index contributed by atoms with van der Waals surface area (Å²) in [6.07, 6.45) is 7.75. The van der Waals surface area contributed by atoms with Gasteiger partial charge in [-0.15, -0.1) is 0 Å². The molecule has 1 rings (SSSR count). The summed E-state index contributed by atoms with van der Waals surface area (Å²) in [5.41, 5.74) is -0.631. The van der Waals surface area contributed by atoms with Gasteiger partial charge in [-0.1, -0.05) is 40.5 Å². The van der Waals surface area contributed by atoms with Gasteiger partial charge >= 0.3 is 5.97 Å². The van der Waals surface area contributed by atoms with Gasteiger partial charge in [0.1, 0.15) is 5.60 Å². The average molecular weight is 268 g/mol. The number of ether oxygens (including phenoxy) is 1. The highest BCUT2D eigenvalue weighted by molar-refractivity contribution is 5.76. The number of hydrogen-bond donors (Lipinski definition) is 0. The molecule has 112 valence electrons. The lowest BCUT2D eigenvalue weighted by Gasteiger charge is -2.45. The molecule has 0 aromatic rings. The van der Waals surface area contributed by atoms with E-state index in [0.717, 1.165) is 19.3 Å². The zero-order valence-corrected chi connectivity index (χ0v) is 13.8. The van der Waals surface area contributed by atoms with Crippen LogP contribution in [0.15, 0.2) is 0 Å². The van der Waals surface area contributed by atoms with Gasteiger partial charge in [0.25, 0.3) is 0 Å². The Labute approximate surface area is 119 Å². The monoisotopic (exact) mass is 268 g/mol. The molecule has 0 bridgehead atoms. The largest absolute Gasteiger partial charge is 0.458 e. The summed E-state index contributed by atoms with van der Waals surface area (Å²) in [7, 11) is 0. The van der Waals surface area contributed by atoms with E-state index in [0.29, 0.717) is 0 Å². The molecule has 1 aliphatic carbocycles. The first kappa shape index (κ1) is 16.5. The molecule has 0 spiro atoms. The number of carbonyl (C=O) groups excluding carboxylic acids is 1. The van der Waals surface area contributed by atoms with E-state index in [2.05, 4.69) is 27.7 Å². The Morgan fingerprint density at radius 3 is 1.84 bits per heavy atom. The summed E-state index contributed by atoms with van der Waals surface area (Å²) in [6.45, 7) is 12.7. The molecule has 0 aliphatic heterocycles. The first-order valence-electron chi connectivity index (χ1n) is 7.88. The molecule has 0 saturated heterocycles. The molecular weight excluding hydrogens is 236 g/mol. The molecule has 0 N–H and O–H groups in total. The van der Waals surface area contributed by atoms with Gasteiger partial charge in [0.2, 0.25) is 0 Å². The third kappa shape index (κ3) is 3.73. The fourth-order valence-corrected chi connectivity index (χ4v) is 2.76. The van der Waals surface area contributed by atoms with Crippen molar-refractivity contribution in [3.63, 3.8) is 0 Å². The Kier molecular flexibility index (Phi) is 5.08. The molecule has 0 aromatic carbocycles. The molecular formula is C17H32O2. The molecule has 1 saturated carbocycles. The Morgan fingerprint density at radius 2 is 1.47 bits per heavy atom. The van der Waals surface area contributed by atoms with Crippen molar-refractivity contribution in [2.45, 2.75) is 92.1 Å². The molecule has 2 nitrogen and oxygen atoms in total. The predicted octanol–water partition coefficient (Wildman–Crippen LogP) is 5.10. The van der Waals surface area contributed by atoms with Crippen LogP contribution in [0.1, 0.15) is 86.5 Å². The summed E-state index contributed by atoms with van der Waals surface area (Å²) in [4.78, 5) is 12.5. The second kappa shape index (κ2) is 5.85. The maximum atomic E-state index is 12.5. The van der Waals surface area contributed by atoms with Crippen LogP contribution < -0.4 is 0 Å². The van der Waals surface area contributed by atoms with Gasteiger partial charge in [-0.05, 0) is 46.0 Å². The lowest BCUT2D eigenvalue weighted by Crippen LogP contribution is -2.48. The first-order valence-corrected chi connectivity index (χ1v) is 7.88. The lowest BCUT2D eigenvalue weighted by atomic mass is 9.71. The van der Waals surface area contributed by atoms with E-state index in [9.17, 15) is 4.79 Å². The minimum absolute atomic E-state index is 0.0107. The third-order valence-corrected chi connectivity index (χ3v) is 5.00. The van der Waals surface area contributed by atoms with Gasteiger partial charge < -0.3 is 4.74 Å². The van der Waals surface area contributed by atoms with Crippen molar-refractivity contribution in [3.8, 4) is 0 Å². The van der Waals surface area contributed by atoms with Gasteiger partial charge in [-0.25, -0.2) is 0 Å². The zero-order chi connectivity index (χ0) is 14.7. The molecule has 2 heteroatoms. The molecule has 0 atom stereocenters. The normalized spacial score (nSPS) is 20.7. The van der Waals surface area contributed by atoms with E-state index in [1.165, 1.54) is 25.7 Å². The Bertz CT molecular complexity index is 302. The van der Waals surface area contributed by atoms with Crippen LogP contribution in [0.3, 0.4) is 0 Å². The summed E-state index contributed by atoms with van der Waals surface area (Å²) in [5.74, 6) is -0.0215. The minimum Gasteiger partial charge on any atom is -0.458 e. The van der Waals surface area contributed by atoms with Crippen LogP contribution in [0.2, 0.25) is 0 Å². The van der Waals surface area contributed by atoms with Crippen LogP contribution in [0.4, 0.5) is 0 Å². The Morgan fingerprint density at radius 1 is 1.00 bits per heavy atom. The maximum absolute atomic E-state index is 12.5. The molecule has 0 heterocycles. The highest BCUT2D eigenvalue weighted by Crippen LogP contribution is 2.45. The summed E-state index contributed by atoms with van der Waals surface area (Å²) in [5, 5.41) is 0. The van der Waals surface area contributed by atoms with Crippen molar-refractivity contribution >= 4 is 5.97 Å². The van der Waals surface area contributed by atoms with Crippen LogP contribution in [0.25, 0.3) is 0 Å². The minimum atomic E-state index is -0.370. The summed E-state index contributed by atoms with van der Waals surface area (Å²) < 4.78 is 6.14. The molecule has 0 aromatic heterocycles. The molecule has 0 radical (unpaired) electrons. The Balaban J connectivity index is 2.95. The molecule has 0 amide bonds. The third-order valence-electron chi connectivity index (χ3n) is 5.00. The summed E-state index contributed by atoms with van der Waals surface area (Å²) >= 11 is 0. The highest BCUT2D eigenvalue weighted by Gasteiger charge is 2.47. The predicted molar refractivity (Wildman–Crippen MR) is 80.1 cm³/mol. The SMILES string of the molecule is CCC(C)(C)C(=O)OC1(C(C)(C)C)CCCCCC1. The van der Waals surface area contributed by atoms with Crippen LogP contribution in [-0.2, 0) is 9.53 Å². The quantitative estimate of drug-likeness (QED) is 0.525. The van der Waals surface area contributed by atoms with Crippen molar-refractivity contribution in [1.29, 1.82) is 0 Å². The van der Waals surface area contributed by atoms with Gasteiger partial charge in [-0.2, -0.15) is 0 Å². The second-order valence-corrected chi connectivity index (χ2v) is 7.79. The average Bonchev–Trinajstić information content (AvgIpc) is 2.54. The van der Waals surface area contributed by atoms with E-state index in [1.807, 2.05) is 13.8 Å². The highest BCUT2D eigenvalue weighted by atomic mass is 16.6. The first-order chi connectivity index (χ1) is 8.65. The van der Waals surface area contributed by atoms with Crippen LogP contribution in [-0.4, -0.2) is 11.6 Å². The number of hydrogen-bond acceptors (Lipinski definition) is 2. The van der Waals surface area contributed by atoms with Gasteiger partial charge in [0.05, 0.1) is 5.41 Å². The maximum Gasteiger partial charge on any atom is 0.312 e. The molecule has 19 heavy (non-hydrogen) atoms. The number of carbonyl (C=O) groups is 1. The summed E-state index contributed by atoms with van der Waals surface area (Å²) in [6, 6.07) is 0. The van der Waals surface area contributed by atoms with Gasteiger partial charge in [-0.3, -0.25) is 4.79 Å². The molecule has 0 unspecified atom stereocenters. The fourth-order valence-electron chi connectivity index (χ4n) is 2.76.